The van der Waals surface area contributed by atoms with E-state index in [0.29, 0.717) is 25.9 Å². The number of aromatic nitrogens is 1. The predicted octanol–water partition coefficient (Wildman–Crippen LogP) is 4.50. The lowest BCUT2D eigenvalue weighted by atomic mass is 9.85. The number of aromatic hydroxyl groups is 1. The molecular formula is C39H58N6O6. The number of amides is 5. The van der Waals surface area contributed by atoms with E-state index in [0.717, 1.165) is 17.2 Å². The van der Waals surface area contributed by atoms with Gasteiger partial charge >= 0.3 is 6.03 Å². The first-order valence-electron chi connectivity index (χ1n) is 18.1. The molecular weight excluding hydrogens is 648 g/mol. The molecule has 1 saturated heterocycles. The van der Waals surface area contributed by atoms with Crippen molar-refractivity contribution in [1.82, 2.24) is 30.7 Å². The Morgan fingerprint density at radius 3 is 2.27 bits per heavy atom. The monoisotopic (exact) mass is 706 g/mol. The molecule has 1 unspecified atom stereocenters. The topological polar surface area (TPSA) is 162 Å². The van der Waals surface area contributed by atoms with Crippen molar-refractivity contribution in [3.63, 3.8) is 0 Å². The second-order valence-corrected chi connectivity index (χ2v) is 17.0. The fourth-order valence-electron chi connectivity index (χ4n) is 7.37. The van der Waals surface area contributed by atoms with Gasteiger partial charge in [-0.15, -0.1) is 6.58 Å². The first-order valence-corrected chi connectivity index (χ1v) is 18.1. The highest BCUT2D eigenvalue weighted by Crippen LogP contribution is 2.65. The summed E-state index contributed by atoms with van der Waals surface area (Å²) >= 11 is 0. The SMILES string of the molecule is C=CCNC(=O)C(=O)C(CCCC)NC(=O)[C@@H]1[C@@H]2[C@H](CN1C(=O)[C@@H](NC(=O)N[C@H](Cn1cc3ccccc3c1O)C(C)(C)C)C(C)(C)C)C2(C)C. The van der Waals surface area contributed by atoms with Crippen molar-refractivity contribution in [3.8, 4) is 5.88 Å². The quantitative estimate of drug-likeness (QED) is 0.144. The van der Waals surface area contributed by atoms with Crippen LogP contribution in [0.5, 0.6) is 5.88 Å². The van der Waals surface area contributed by atoms with Crippen LogP contribution in [-0.2, 0) is 25.7 Å². The highest BCUT2D eigenvalue weighted by Gasteiger charge is 2.70. The van der Waals surface area contributed by atoms with Crippen molar-refractivity contribution in [2.24, 2.45) is 28.1 Å². The number of urea groups is 1. The summed E-state index contributed by atoms with van der Waals surface area (Å²) in [6.07, 6.45) is 5.00. The number of piperidine rings is 1. The lowest BCUT2D eigenvalue weighted by Gasteiger charge is -2.38. The van der Waals surface area contributed by atoms with Crippen LogP contribution in [0.15, 0.2) is 43.1 Å². The number of hydrogen-bond acceptors (Lipinski definition) is 6. The van der Waals surface area contributed by atoms with Gasteiger partial charge in [0.1, 0.15) is 12.1 Å². The maximum Gasteiger partial charge on any atom is 0.315 e. The van der Waals surface area contributed by atoms with Gasteiger partial charge in [-0.1, -0.05) is 99.4 Å². The minimum atomic E-state index is -1.03. The molecule has 0 radical (unpaired) electrons. The third-order valence-electron chi connectivity index (χ3n) is 10.8. The van der Waals surface area contributed by atoms with Gasteiger partial charge in [-0.2, -0.15) is 0 Å². The molecule has 0 bridgehead atoms. The molecule has 6 atom stereocenters. The highest BCUT2D eigenvalue weighted by molar-refractivity contribution is 6.38. The van der Waals surface area contributed by atoms with Gasteiger partial charge in [0.2, 0.25) is 17.6 Å². The minimum Gasteiger partial charge on any atom is -0.494 e. The molecule has 12 heteroatoms. The Kier molecular flexibility index (Phi) is 11.7. The van der Waals surface area contributed by atoms with Gasteiger partial charge in [0.15, 0.2) is 5.88 Å². The van der Waals surface area contributed by atoms with E-state index in [-0.39, 0.29) is 35.6 Å². The molecule has 1 saturated carbocycles. The molecule has 4 rings (SSSR count). The van der Waals surface area contributed by atoms with Gasteiger partial charge in [-0.25, -0.2) is 4.79 Å². The molecule has 1 aliphatic heterocycles. The molecule has 280 valence electrons. The third-order valence-corrected chi connectivity index (χ3v) is 10.8. The molecule has 0 spiro atoms. The fourth-order valence-corrected chi connectivity index (χ4v) is 7.37. The molecule has 5 N–H and O–H groups in total. The first-order chi connectivity index (χ1) is 23.7. The van der Waals surface area contributed by atoms with Gasteiger partial charge in [-0.05, 0) is 40.6 Å². The van der Waals surface area contributed by atoms with E-state index in [4.69, 9.17) is 0 Å². The molecule has 5 amide bonds. The molecule has 1 aliphatic carbocycles. The van der Waals surface area contributed by atoms with Crippen LogP contribution in [0.3, 0.4) is 0 Å². The smallest absolute Gasteiger partial charge is 0.315 e. The molecule has 2 heterocycles. The zero-order valence-corrected chi connectivity index (χ0v) is 31.8. The zero-order valence-electron chi connectivity index (χ0n) is 31.8. The predicted molar refractivity (Wildman–Crippen MR) is 198 cm³/mol. The number of carbonyl (C=O) groups is 5. The first kappa shape index (κ1) is 39.4. The summed E-state index contributed by atoms with van der Waals surface area (Å²) in [4.78, 5) is 69.6. The number of hydrogen-bond donors (Lipinski definition) is 5. The van der Waals surface area contributed by atoms with E-state index >= 15 is 0 Å². The van der Waals surface area contributed by atoms with Gasteiger partial charge in [0.05, 0.1) is 12.1 Å². The van der Waals surface area contributed by atoms with Crippen LogP contribution in [0, 0.1) is 28.1 Å². The Hall–Kier alpha value is -4.35. The second kappa shape index (κ2) is 15.1. The Balaban J connectivity index is 1.54. The van der Waals surface area contributed by atoms with Crippen molar-refractivity contribution in [3.05, 3.63) is 43.1 Å². The minimum absolute atomic E-state index is 0.0716. The number of unbranched alkanes of at least 4 members (excludes halogenated alkanes) is 1. The number of benzene rings is 1. The Morgan fingerprint density at radius 1 is 1.02 bits per heavy atom. The maximum atomic E-state index is 14.5. The number of carbonyl (C=O) groups excluding carboxylic acids is 5. The zero-order chi connectivity index (χ0) is 38.1. The molecule has 2 aliphatic rings. The number of rotatable bonds is 14. The van der Waals surface area contributed by atoms with Gasteiger partial charge in [0, 0.05) is 36.6 Å². The lowest BCUT2D eigenvalue weighted by molar-refractivity contribution is -0.145. The van der Waals surface area contributed by atoms with E-state index in [2.05, 4.69) is 41.7 Å². The van der Waals surface area contributed by atoms with Crippen LogP contribution in [0.4, 0.5) is 4.79 Å². The van der Waals surface area contributed by atoms with E-state index in [1.165, 1.54) is 6.08 Å². The summed E-state index contributed by atoms with van der Waals surface area (Å²) in [7, 11) is 0. The number of nitrogens with one attached hydrogen (secondary N) is 4. The summed E-state index contributed by atoms with van der Waals surface area (Å²) < 4.78 is 1.72. The second-order valence-electron chi connectivity index (χ2n) is 17.0. The number of fused-ring (bicyclic) bond motifs is 2. The largest absolute Gasteiger partial charge is 0.494 e. The molecule has 12 nitrogen and oxygen atoms in total. The summed E-state index contributed by atoms with van der Waals surface area (Å²) in [6, 6.07) is 3.66. The van der Waals surface area contributed by atoms with Crippen molar-refractivity contribution in [1.29, 1.82) is 0 Å². The van der Waals surface area contributed by atoms with E-state index < -0.39 is 58.6 Å². The van der Waals surface area contributed by atoms with E-state index in [9.17, 15) is 29.1 Å². The van der Waals surface area contributed by atoms with Crippen LogP contribution in [-0.4, -0.2) is 81.4 Å². The van der Waals surface area contributed by atoms with Crippen LogP contribution in [0.1, 0.15) is 81.6 Å². The summed E-state index contributed by atoms with van der Waals surface area (Å²) in [5, 5.41) is 23.8. The average Bonchev–Trinajstić information content (AvgIpc) is 3.34. The maximum absolute atomic E-state index is 14.5. The van der Waals surface area contributed by atoms with Crippen LogP contribution in [0.25, 0.3) is 10.8 Å². The number of ketones is 1. The van der Waals surface area contributed by atoms with Gasteiger partial charge in [-0.3, -0.25) is 19.2 Å². The van der Waals surface area contributed by atoms with Gasteiger partial charge in [0.25, 0.3) is 5.91 Å². The number of likely N-dealkylation sites (tertiary alicyclic amines) is 1. The standard InChI is InChI=1S/C39H58N6O6/c1-11-13-18-26(30(46)33(48)40-19-12-2)41-32(47)29-28-25(39(28,9)10)21-45(29)35(50)31(38(6,7)8)43-36(51)42-27(37(3,4)5)22-44-20-23-16-14-15-17-24(23)34(44)49/h12,14-17,20,25-29,31,49H,2,11,13,18-19,21-22H2,1,3-10H3,(H,40,48)(H,41,47)(H2,42,43,51)/t25-,26?,27+,28-,29-,31+/m0/s1. The highest BCUT2D eigenvalue weighted by atomic mass is 16.3. The van der Waals surface area contributed by atoms with Crippen molar-refractivity contribution in [2.75, 3.05) is 13.1 Å². The van der Waals surface area contributed by atoms with Crippen molar-refractivity contribution in [2.45, 2.75) is 112 Å². The summed E-state index contributed by atoms with van der Waals surface area (Å²) in [5.41, 5.74) is -1.34. The Bertz CT molecular complexity index is 1650. The van der Waals surface area contributed by atoms with Gasteiger partial charge < -0.3 is 35.8 Å². The molecule has 1 aromatic heterocycles. The van der Waals surface area contributed by atoms with E-state index in [1.54, 1.807) is 9.47 Å². The lowest BCUT2D eigenvalue weighted by Crippen LogP contribution is -2.62. The van der Waals surface area contributed by atoms with E-state index in [1.807, 2.05) is 78.9 Å². The van der Waals surface area contributed by atoms with Crippen LogP contribution >= 0.6 is 0 Å². The summed E-state index contributed by atoms with van der Waals surface area (Å²) in [5.74, 6) is -2.34. The Morgan fingerprint density at radius 2 is 1.69 bits per heavy atom. The average molecular weight is 707 g/mol. The molecule has 2 fully saturated rings. The summed E-state index contributed by atoms with van der Waals surface area (Å²) in [6.45, 7) is 22.0. The molecule has 51 heavy (non-hydrogen) atoms. The third kappa shape index (κ3) is 8.59. The molecule has 2 aromatic rings. The van der Waals surface area contributed by atoms with Crippen molar-refractivity contribution < 1.29 is 29.1 Å². The number of Topliss-reactive ketones (excluding diaryl/α,β-unsaturated/α-hetero) is 1. The Labute approximate surface area is 302 Å². The normalized spacial score (nSPS) is 21.2. The number of nitrogens with zero attached hydrogens (tertiary/aromatic N) is 2. The molecule has 1 aromatic carbocycles. The van der Waals surface area contributed by atoms with Crippen LogP contribution in [0.2, 0.25) is 0 Å². The van der Waals surface area contributed by atoms with Crippen LogP contribution < -0.4 is 21.3 Å². The fraction of sp³-hybridized carbons (Fsp3) is 0.615. The van der Waals surface area contributed by atoms with Crippen molar-refractivity contribution >= 4 is 40.3 Å².